The first-order valence-corrected chi connectivity index (χ1v) is 5.99. The van der Waals surface area contributed by atoms with Crippen LogP contribution in [0.15, 0.2) is 30.3 Å². The zero-order chi connectivity index (χ0) is 14.0. The average Bonchev–Trinajstić information content (AvgIpc) is 2.39. The minimum Gasteiger partial charge on any atom is -0.464 e. The van der Waals surface area contributed by atoms with E-state index in [1.807, 2.05) is 0 Å². The van der Waals surface area contributed by atoms with Crippen molar-refractivity contribution in [3.8, 4) is 11.3 Å². The van der Waals surface area contributed by atoms with Gasteiger partial charge in [-0.2, -0.15) is 0 Å². The van der Waals surface area contributed by atoms with Crippen LogP contribution in [-0.4, -0.2) is 18.1 Å². The fourth-order valence-corrected chi connectivity index (χ4v) is 1.86. The van der Waals surface area contributed by atoms with Gasteiger partial charge in [-0.05, 0) is 18.2 Å². The molecule has 0 unspecified atom stereocenters. The number of pyridine rings is 1. The zero-order valence-corrected chi connectivity index (χ0v) is 11.3. The number of methoxy groups -OCH3 is 1. The largest absolute Gasteiger partial charge is 0.464 e. The molecule has 2 rings (SSSR count). The molecule has 0 spiro atoms. The third-order valence-electron chi connectivity index (χ3n) is 2.43. The van der Waals surface area contributed by atoms with Gasteiger partial charge < -0.3 is 4.74 Å². The van der Waals surface area contributed by atoms with Crippen LogP contribution in [0.25, 0.3) is 11.3 Å². The third-order valence-corrected chi connectivity index (χ3v) is 2.97. The summed E-state index contributed by atoms with van der Waals surface area (Å²) >= 11 is 11.5. The highest BCUT2D eigenvalue weighted by Crippen LogP contribution is 2.26. The Labute approximate surface area is 118 Å². The van der Waals surface area contributed by atoms with Gasteiger partial charge in [0.2, 0.25) is 0 Å². The number of ether oxygens (including phenoxy) is 1. The van der Waals surface area contributed by atoms with Crippen molar-refractivity contribution in [2.75, 3.05) is 7.11 Å². The van der Waals surface area contributed by atoms with Gasteiger partial charge >= 0.3 is 5.97 Å². The first-order chi connectivity index (χ1) is 9.02. The number of hydrogen-bond acceptors (Lipinski definition) is 3. The molecular weight excluding hydrogens is 292 g/mol. The summed E-state index contributed by atoms with van der Waals surface area (Å²) in [6, 6.07) is 7.44. The number of halogens is 3. The fourth-order valence-electron chi connectivity index (χ4n) is 1.52. The first kappa shape index (κ1) is 13.8. The molecule has 0 aliphatic rings. The van der Waals surface area contributed by atoms with E-state index < -0.39 is 11.8 Å². The van der Waals surface area contributed by atoms with Crippen molar-refractivity contribution >= 4 is 29.2 Å². The quantitative estimate of drug-likeness (QED) is 0.787. The second kappa shape index (κ2) is 5.55. The Morgan fingerprint density at radius 3 is 2.47 bits per heavy atom. The van der Waals surface area contributed by atoms with Crippen molar-refractivity contribution in [1.82, 2.24) is 4.98 Å². The van der Waals surface area contributed by atoms with Crippen LogP contribution < -0.4 is 0 Å². The average molecular weight is 300 g/mol. The number of rotatable bonds is 2. The lowest BCUT2D eigenvalue weighted by atomic mass is 10.1. The number of carbonyl (C=O) groups is 1. The molecule has 6 heteroatoms. The van der Waals surface area contributed by atoms with Crippen molar-refractivity contribution in [3.05, 3.63) is 51.9 Å². The minimum absolute atomic E-state index is 0.0152. The van der Waals surface area contributed by atoms with E-state index in [9.17, 15) is 9.18 Å². The van der Waals surface area contributed by atoms with Crippen LogP contribution in [-0.2, 0) is 4.74 Å². The fraction of sp³-hybridized carbons (Fsp3) is 0.0769. The molecule has 1 aromatic heterocycles. The lowest BCUT2D eigenvalue weighted by molar-refractivity contribution is 0.0594. The lowest BCUT2D eigenvalue weighted by Crippen LogP contribution is -2.07. The molecule has 0 amide bonds. The van der Waals surface area contributed by atoms with Crippen LogP contribution in [0.1, 0.15) is 10.5 Å². The molecule has 0 fully saturated rings. The molecule has 0 radical (unpaired) electrons. The molecule has 0 aliphatic carbocycles. The first-order valence-electron chi connectivity index (χ1n) is 5.23. The molecule has 0 N–H and O–H groups in total. The van der Waals surface area contributed by atoms with Crippen molar-refractivity contribution in [2.45, 2.75) is 0 Å². The smallest absolute Gasteiger partial charge is 0.358 e. The van der Waals surface area contributed by atoms with Crippen LogP contribution in [0.2, 0.25) is 10.0 Å². The second-order valence-electron chi connectivity index (χ2n) is 3.65. The number of esters is 1. The monoisotopic (exact) mass is 299 g/mol. The van der Waals surface area contributed by atoms with E-state index in [2.05, 4.69) is 9.72 Å². The summed E-state index contributed by atoms with van der Waals surface area (Å²) in [4.78, 5) is 15.4. The van der Waals surface area contributed by atoms with Crippen LogP contribution >= 0.6 is 23.2 Å². The summed E-state index contributed by atoms with van der Waals surface area (Å²) < 4.78 is 18.4. The van der Waals surface area contributed by atoms with E-state index in [0.29, 0.717) is 10.6 Å². The zero-order valence-electron chi connectivity index (χ0n) is 9.78. The number of benzene rings is 1. The highest BCUT2D eigenvalue weighted by molar-refractivity contribution is 6.33. The van der Waals surface area contributed by atoms with Gasteiger partial charge in [0.1, 0.15) is 5.69 Å². The van der Waals surface area contributed by atoms with Gasteiger partial charge in [0.15, 0.2) is 11.5 Å². The molecule has 1 aromatic carbocycles. The highest BCUT2D eigenvalue weighted by atomic mass is 35.5. The van der Waals surface area contributed by atoms with Crippen LogP contribution in [0.5, 0.6) is 0 Å². The standard InChI is InChI=1S/C13H8Cl2FNO2/c1-19-13(18)12-9(15)6-10(16)11(17-12)7-2-4-8(14)5-3-7/h2-6H,1H3. The van der Waals surface area contributed by atoms with Gasteiger partial charge in [-0.1, -0.05) is 35.3 Å². The van der Waals surface area contributed by atoms with E-state index >= 15 is 0 Å². The Balaban J connectivity index is 2.57. The number of carbonyl (C=O) groups excluding carboxylic acids is 1. The number of nitrogens with zero attached hydrogens (tertiary/aromatic N) is 1. The predicted octanol–water partition coefficient (Wildman–Crippen LogP) is 3.98. The molecule has 98 valence electrons. The maximum absolute atomic E-state index is 13.9. The molecule has 19 heavy (non-hydrogen) atoms. The van der Waals surface area contributed by atoms with Crippen molar-refractivity contribution in [2.24, 2.45) is 0 Å². The Bertz CT molecular complexity index is 629. The maximum atomic E-state index is 13.9. The molecule has 2 aromatic rings. The highest BCUT2D eigenvalue weighted by Gasteiger charge is 2.18. The Morgan fingerprint density at radius 2 is 1.89 bits per heavy atom. The van der Waals surface area contributed by atoms with Gasteiger partial charge in [0.25, 0.3) is 0 Å². The summed E-state index contributed by atoms with van der Waals surface area (Å²) in [6.45, 7) is 0. The summed E-state index contributed by atoms with van der Waals surface area (Å²) in [5.74, 6) is -1.35. The predicted molar refractivity (Wildman–Crippen MR) is 71.0 cm³/mol. The molecular formula is C13H8Cl2FNO2. The number of hydrogen-bond donors (Lipinski definition) is 0. The second-order valence-corrected chi connectivity index (χ2v) is 4.49. The lowest BCUT2D eigenvalue weighted by Gasteiger charge is -2.07. The summed E-state index contributed by atoms with van der Waals surface area (Å²) in [5, 5.41) is 0.424. The molecule has 3 nitrogen and oxygen atoms in total. The van der Waals surface area contributed by atoms with E-state index in [4.69, 9.17) is 23.2 Å². The topological polar surface area (TPSA) is 39.2 Å². The van der Waals surface area contributed by atoms with E-state index in [1.54, 1.807) is 24.3 Å². The van der Waals surface area contributed by atoms with Gasteiger partial charge in [-0.15, -0.1) is 0 Å². The minimum atomic E-state index is -0.722. The molecule has 0 saturated heterocycles. The maximum Gasteiger partial charge on any atom is 0.358 e. The third kappa shape index (κ3) is 2.85. The van der Waals surface area contributed by atoms with Crippen molar-refractivity contribution in [1.29, 1.82) is 0 Å². The van der Waals surface area contributed by atoms with Crippen LogP contribution in [0.4, 0.5) is 4.39 Å². The Hall–Kier alpha value is -1.65. The number of aromatic nitrogens is 1. The molecule has 0 bridgehead atoms. The van der Waals surface area contributed by atoms with E-state index in [0.717, 1.165) is 6.07 Å². The van der Waals surface area contributed by atoms with Crippen molar-refractivity contribution < 1.29 is 13.9 Å². The van der Waals surface area contributed by atoms with Crippen LogP contribution in [0, 0.1) is 5.82 Å². The van der Waals surface area contributed by atoms with Gasteiger partial charge in [-0.3, -0.25) is 0 Å². The summed E-state index contributed by atoms with van der Waals surface area (Å²) in [7, 11) is 1.20. The van der Waals surface area contributed by atoms with E-state index in [1.165, 1.54) is 7.11 Å². The molecule has 0 atom stereocenters. The van der Waals surface area contributed by atoms with Crippen molar-refractivity contribution in [3.63, 3.8) is 0 Å². The Morgan fingerprint density at radius 1 is 1.26 bits per heavy atom. The SMILES string of the molecule is COC(=O)c1nc(-c2ccc(Cl)cc2)c(F)cc1Cl. The van der Waals surface area contributed by atoms with Gasteiger partial charge in [0, 0.05) is 10.6 Å². The van der Waals surface area contributed by atoms with E-state index in [-0.39, 0.29) is 16.4 Å². The van der Waals surface area contributed by atoms with Gasteiger partial charge in [0.05, 0.1) is 12.1 Å². The Kier molecular flexibility index (Phi) is 4.02. The summed E-state index contributed by atoms with van der Waals surface area (Å²) in [5.41, 5.74) is 0.376. The molecule has 0 aliphatic heterocycles. The van der Waals surface area contributed by atoms with Gasteiger partial charge in [-0.25, -0.2) is 14.2 Å². The summed E-state index contributed by atoms with van der Waals surface area (Å²) in [6.07, 6.45) is 0. The molecule has 0 saturated carbocycles. The van der Waals surface area contributed by atoms with Crippen LogP contribution in [0.3, 0.4) is 0 Å². The normalized spacial score (nSPS) is 10.3. The molecule has 1 heterocycles.